The fourth-order valence-corrected chi connectivity index (χ4v) is 2.11. The lowest BCUT2D eigenvalue weighted by molar-refractivity contribution is -0.115. The molecule has 0 spiro atoms. The monoisotopic (exact) mass is 244 g/mol. The SMILES string of the molecule is FC(F)(F)CNc1ccccc1[C@@H]1CCCN1. The van der Waals surface area contributed by atoms with Crippen molar-refractivity contribution in [3.05, 3.63) is 29.8 Å². The van der Waals surface area contributed by atoms with Crippen molar-refractivity contribution in [3.8, 4) is 0 Å². The molecule has 1 aliphatic heterocycles. The molecule has 0 unspecified atom stereocenters. The van der Waals surface area contributed by atoms with E-state index in [-0.39, 0.29) is 6.04 Å². The van der Waals surface area contributed by atoms with Crippen LogP contribution in [-0.4, -0.2) is 19.3 Å². The fourth-order valence-electron chi connectivity index (χ4n) is 2.11. The van der Waals surface area contributed by atoms with Gasteiger partial charge in [-0.3, -0.25) is 0 Å². The van der Waals surface area contributed by atoms with Crippen LogP contribution in [0.4, 0.5) is 18.9 Å². The molecule has 1 heterocycles. The van der Waals surface area contributed by atoms with Crippen LogP contribution in [0.2, 0.25) is 0 Å². The van der Waals surface area contributed by atoms with Crippen molar-refractivity contribution in [1.29, 1.82) is 0 Å². The average molecular weight is 244 g/mol. The minimum absolute atomic E-state index is 0.173. The molecule has 94 valence electrons. The van der Waals surface area contributed by atoms with Gasteiger partial charge in [0.1, 0.15) is 6.54 Å². The molecule has 0 bridgehead atoms. The van der Waals surface area contributed by atoms with Gasteiger partial charge in [0.05, 0.1) is 0 Å². The number of rotatable bonds is 3. The Balaban J connectivity index is 2.10. The first-order valence-electron chi connectivity index (χ1n) is 5.69. The fraction of sp³-hybridized carbons (Fsp3) is 0.500. The molecule has 0 aliphatic carbocycles. The third-order valence-corrected chi connectivity index (χ3v) is 2.88. The van der Waals surface area contributed by atoms with Crippen LogP contribution >= 0.6 is 0 Å². The molecule has 17 heavy (non-hydrogen) atoms. The molecule has 0 radical (unpaired) electrons. The number of hydrogen-bond acceptors (Lipinski definition) is 2. The van der Waals surface area contributed by atoms with Gasteiger partial charge < -0.3 is 10.6 Å². The molecule has 2 nitrogen and oxygen atoms in total. The van der Waals surface area contributed by atoms with Gasteiger partial charge in [-0.25, -0.2) is 0 Å². The van der Waals surface area contributed by atoms with E-state index in [1.165, 1.54) is 0 Å². The Morgan fingerprint density at radius 3 is 2.71 bits per heavy atom. The third-order valence-electron chi connectivity index (χ3n) is 2.88. The number of hydrogen-bond donors (Lipinski definition) is 2. The zero-order valence-corrected chi connectivity index (χ0v) is 9.35. The second-order valence-electron chi connectivity index (χ2n) is 4.20. The van der Waals surface area contributed by atoms with Gasteiger partial charge in [0.25, 0.3) is 0 Å². The van der Waals surface area contributed by atoms with Crippen molar-refractivity contribution in [2.45, 2.75) is 25.1 Å². The molecule has 0 amide bonds. The Bertz CT molecular complexity index is 370. The van der Waals surface area contributed by atoms with Gasteiger partial charge >= 0.3 is 6.18 Å². The van der Waals surface area contributed by atoms with Crippen molar-refractivity contribution in [2.24, 2.45) is 0 Å². The molecular weight excluding hydrogens is 229 g/mol. The first-order valence-corrected chi connectivity index (χ1v) is 5.69. The summed E-state index contributed by atoms with van der Waals surface area (Å²) >= 11 is 0. The Hall–Kier alpha value is -1.23. The smallest absolute Gasteiger partial charge is 0.376 e. The molecular formula is C12H15F3N2. The quantitative estimate of drug-likeness (QED) is 0.853. The maximum Gasteiger partial charge on any atom is 0.405 e. The first-order chi connectivity index (χ1) is 8.06. The highest BCUT2D eigenvalue weighted by Gasteiger charge is 2.27. The van der Waals surface area contributed by atoms with Gasteiger partial charge in [-0.1, -0.05) is 18.2 Å². The van der Waals surface area contributed by atoms with E-state index >= 15 is 0 Å². The molecule has 2 rings (SSSR count). The Morgan fingerprint density at radius 1 is 1.29 bits per heavy atom. The standard InChI is InChI=1S/C12H15F3N2/c13-12(14,15)8-17-11-5-2-1-4-9(11)10-6-3-7-16-10/h1-2,4-5,10,16-17H,3,6-8H2/t10-/m0/s1. The average Bonchev–Trinajstić information content (AvgIpc) is 2.79. The molecule has 0 saturated carbocycles. The first kappa shape index (κ1) is 12.2. The van der Waals surface area contributed by atoms with E-state index in [4.69, 9.17) is 0 Å². The van der Waals surface area contributed by atoms with Gasteiger partial charge in [-0.15, -0.1) is 0 Å². The Kier molecular flexibility index (Phi) is 3.57. The number of nitrogens with one attached hydrogen (secondary N) is 2. The molecule has 0 aromatic heterocycles. The van der Waals surface area contributed by atoms with E-state index in [9.17, 15) is 13.2 Å². The summed E-state index contributed by atoms with van der Waals surface area (Å²) in [6, 6.07) is 7.35. The molecule has 1 atom stereocenters. The van der Waals surface area contributed by atoms with Crippen molar-refractivity contribution < 1.29 is 13.2 Å². The summed E-state index contributed by atoms with van der Waals surface area (Å²) in [5.41, 5.74) is 1.50. The maximum atomic E-state index is 12.2. The van der Waals surface area contributed by atoms with Gasteiger partial charge in [-0.2, -0.15) is 13.2 Å². The normalized spacial score (nSPS) is 20.5. The van der Waals surface area contributed by atoms with E-state index in [0.717, 1.165) is 24.9 Å². The zero-order chi connectivity index (χ0) is 12.3. The van der Waals surface area contributed by atoms with Crippen LogP contribution in [0.5, 0.6) is 0 Å². The van der Waals surface area contributed by atoms with Crippen LogP contribution in [0.1, 0.15) is 24.4 Å². The summed E-state index contributed by atoms with van der Waals surface area (Å²) in [7, 11) is 0. The summed E-state index contributed by atoms with van der Waals surface area (Å²) in [5, 5.41) is 5.75. The number of anilines is 1. The lowest BCUT2D eigenvalue weighted by Crippen LogP contribution is -2.23. The Morgan fingerprint density at radius 2 is 2.06 bits per heavy atom. The molecule has 1 aromatic rings. The molecule has 2 N–H and O–H groups in total. The Labute approximate surface area is 98.2 Å². The highest BCUT2D eigenvalue weighted by atomic mass is 19.4. The van der Waals surface area contributed by atoms with Crippen LogP contribution in [0.25, 0.3) is 0 Å². The summed E-state index contributed by atoms with van der Waals surface area (Å²) in [6.07, 6.45) is -2.14. The predicted molar refractivity (Wildman–Crippen MR) is 61.0 cm³/mol. The van der Waals surface area contributed by atoms with E-state index in [0.29, 0.717) is 5.69 Å². The highest BCUT2D eigenvalue weighted by Crippen LogP contribution is 2.29. The topological polar surface area (TPSA) is 24.1 Å². The van der Waals surface area contributed by atoms with Crippen LogP contribution < -0.4 is 10.6 Å². The molecule has 5 heteroatoms. The largest absolute Gasteiger partial charge is 0.405 e. The van der Waals surface area contributed by atoms with Crippen molar-refractivity contribution >= 4 is 5.69 Å². The van der Waals surface area contributed by atoms with Gasteiger partial charge in [0.2, 0.25) is 0 Å². The number of alkyl halides is 3. The number of para-hydroxylation sites is 1. The maximum absolute atomic E-state index is 12.2. The highest BCUT2D eigenvalue weighted by molar-refractivity contribution is 5.53. The van der Waals surface area contributed by atoms with Crippen molar-refractivity contribution in [3.63, 3.8) is 0 Å². The molecule has 1 saturated heterocycles. The lowest BCUT2D eigenvalue weighted by Gasteiger charge is -2.17. The number of halogens is 3. The molecule has 1 aromatic carbocycles. The van der Waals surface area contributed by atoms with Crippen LogP contribution in [0, 0.1) is 0 Å². The molecule has 1 fully saturated rings. The summed E-state index contributed by atoms with van der Waals surface area (Å²) in [6.45, 7) is -0.0605. The predicted octanol–water partition coefficient (Wildman–Crippen LogP) is 3.09. The summed E-state index contributed by atoms with van der Waals surface area (Å²) in [5.74, 6) is 0. The van der Waals surface area contributed by atoms with Crippen LogP contribution in [0.15, 0.2) is 24.3 Å². The van der Waals surface area contributed by atoms with E-state index in [1.54, 1.807) is 12.1 Å². The summed E-state index contributed by atoms with van der Waals surface area (Å²) in [4.78, 5) is 0. The molecule has 1 aliphatic rings. The minimum atomic E-state index is -4.18. The number of benzene rings is 1. The summed E-state index contributed by atoms with van der Waals surface area (Å²) < 4.78 is 36.5. The van der Waals surface area contributed by atoms with Crippen LogP contribution in [-0.2, 0) is 0 Å². The second-order valence-corrected chi connectivity index (χ2v) is 4.20. The van der Waals surface area contributed by atoms with Crippen LogP contribution in [0.3, 0.4) is 0 Å². The van der Waals surface area contributed by atoms with Gasteiger partial charge in [-0.05, 0) is 31.0 Å². The van der Waals surface area contributed by atoms with E-state index in [2.05, 4.69) is 10.6 Å². The van der Waals surface area contributed by atoms with E-state index in [1.807, 2.05) is 12.1 Å². The van der Waals surface area contributed by atoms with E-state index < -0.39 is 12.7 Å². The van der Waals surface area contributed by atoms with Gasteiger partial charge in [0, 0.05) is 11.7 Å². The zero-order valence-electron chi connectivity index (χ0n) is 9.35. The van der Waals surface area contributed by atoms with Gasteiger partial charge in [0.15, 0.2) is 0 Å². The lowest BCUT2D eigenvalue weighted by atomic mass is 10.0. The third kappa shape index (κ3) is 3.36. The second kappa shape index (κ2) is 4.96. The minimum Gasteiger partial charge on any atom is -0.376 e. The van der Waals surface area contributed by atoms with Crippen molar-refractivity contribution in [1.82, 2.24) is 5.32 Å². The van der Waals surface area contributed by atoms with Crippen molar-refractivity contribution in [2.75, 3.05) is 18.4 Å².